The average molecular weight is 313 g/mol. The van der Waals surface area contributed by atoms with Crippen molar-refractivity contribution in [3.05, 3.63) is 71.1 Å². The SMILES string of the molecule is O=C(/C=C/c1ccccc1Cl)NCc1nnc2ccccn12. The molecule has 0 radical (unpaired) electrons. The highest BCUT2D eigenvalue weighted by Crippen LogP contribution is 2.16. The summed E-state index contributed by atoms with van der Waals surface area (Å²) in [7, 11) is 0. The number of pyridine rings is 1. The Balaban J connectivity index is 1.64. The van der Waals surface area contributed by atoms with Gasteiger partial charge >= 0.3 is 0 Å². The van der Waals surface area contributed by atoms with Crippen LogP contribution in [-0.2, 0) is 11.3 Å². The summed E-state index contributed by atoms with van der Waals surface area (Å²) in [6.07, 6.45) is 4.99. The lowest BCUT2D eigenvalue weighted by atomic mass is 10.2. The minimum Gasteiger partial charge on any atom is -0.345 e. The van der Waals surface area contributed by atoms with Gasteiger partial charge in [-0.05, 0) is 29.8 Å². The molecular formula is C16H13ClN4O. The molecule has 22 heavy (non-hydrogen) atoms. The van der Waals surface area contributed by atoms with E-state index in [0.717, 1.165) is 11.2 Å². The minimum absolute atomic E-state index is 0.215. The van der Waals surface area contributed by atoms with Crippen LogP contribution in [0, 0.1) is 0 Å². The molecule has 0 saturated carbocycles. The van der Waals surface area contributed by atoms with Gasteiger partial charge in [-0.3, -0.25) is 9.20 Å². The van der Waals surface area contributed by atoms with E-state index in [1.165, 1.54) is 6.08 Å². The number of rotatable bonds is 4. The predicted molar refractivity (Wildman–Crippen MR) is 85.3 cm³/mol. The van der Waals surface area contributed by atoms with Crippen LogP contribution in [0.3, 0.4) is 0 Å². The Morgan fingerprint density at radius 2 is 2.00 bits per heavy atom. The van der Waals surface area contributed by atoms with E-state index in [1.807, 2.05) is 47.0 Å². The molecule has 110 valence electrons. The second-order valence-electron chi connectivity index (χ2n) is 4.62. The Labute approximate surface area is 132 Å². The van der Waals surface area contributed by atoms with Crippen LogP contribution in [0.25, 0.3) is 11.7 Å². The normalized spacial score (nSPS) is 11.1. The number of hydrogen-bond acceptors (Lipinski definition) is 3. The average Bonchev–Trinajstić information content (AvgIpc) is 2.95. The van der Waals surface area contributed by atoms with Crippen molar-refractivity contribution in [1.82, 2.24) is 19.9 Å². The van der Waals surface area contributed by atoms with Crippen LogP contribution in [0.15, 0.2) is 54.7 Å². The van der Waals surface area contributed by atoms with Crippen LogP contribution in [0.4, 0.5) is 0 Å². The molecular weight excluding hydrogens is 300 g/mol. The van der Waals surface area contributed by atoms with E-state index in [0.29, 0.717) is 17.4 Å². The van der Waals surface area contributed by atoms with Gasteiger partial charge in [-0.2, -0.15) is 0 Å². The molecule has 1 amide bonds. The van der Waals surface area contributed by atoms with Gasteiger partial charge in [-0.15, -0.1) is 10.2 Å². The zero-order valence-corrected chi connectivity index (χ0v) is 12.4. The third-order valence-corrected chi connectivity index (χ3v) is 3.47. The Morgan fingerprint density at radius 3 is 2.86 bits per heavy atom. The van der Waals surface area contributed by atoms with Crippen molar-refractivity contribution in [2.45, 2.75) is 6.54 Å². The van der Waals surface area contributed by atoms with E-state index in [-0.39, 0.29) is 5.91 Å². The molecule has 0 aliphatic rings. The number of aromatic nitrogens is 3. The monoisotopic (exact) mass is 312 g/mol. The van der Waals surface area contributed by atoms with Gasteiger partial charge in [-0.25, -0.2) is 0 Å². The highest BCUT2D eigenvalue weighted by atomic mass is 35.5. The van der Waals surface area contributed by atoms with Crippen LogP contribution in [0.2, 0.25) is 5.02 Å². The predicted octanol–water partition coefficient (Wildman–Crippen LogP) is 2.71. The number of amides is 1. The summed E-state index contributed by atoms with van der Waals surface area (Å²) < 4.78 is 1.83. The molecule has 0 spiro atoms. The molecule has 0 saturated heterocycles. The van der Waals surface area contributed by atoms with E-state index in [2.05, 4.69) is 15.5 Å². The third-order valence-electron chi connectivity index (χ3n) is 3.12. The number of benzene rings is 1. The molecule has 0 atom stereocenters. The summed E-state index contributed by atoms with van der Waals surface area (Å²) >= 11 is 6.03. The fourth-order valence-electron chi connectivity index (χ4n) is 2.01. The second-order valence-corrected chi connectivity index (χ2v) is 5.02. The van der Waals surface area contributed by atoms with Gasteiger partial charge in [0.2, 0.25) is 5.91 Å². The number of nitrogens with one attached hydrogen (secondary N) is 1. The molecule has 6 heteroatoms. The van der Waals surface area contributed by atoms with E-state index in [4.69, 9.17) is 11.6 Å². The van der Waals surface area contributed by atoms with Crippen LogP contribution in [0.5, 0.6) is 0 Å². The van der Waals surface area contributed by atoms with Crippen LogP contribution in [-0.4, -0.2) is 20.5 Å². The smallest absolute Gasteiger partial charge is 0.244 e. The molecule has 2 aromatic heterocycles. The maximum Gasteiger partial charge on any atom is 0.244 e. The summed E-state index contributed by atoms with van der Waals surface area (Å²) in [5.74, 6) is 0.461. The Hall–Kier alpha value is -2.66. The Kier molecular flexibility index (Phi) is 4.16. The highest BCUT2D eigenvalue weighted by Gasteiger charge is 2.05. The molecule has 3 rings (SSSR count). The topological polar surface area (TPSA) is 59.3 Å². The quantitative estimate of drug-likeness (QED) is 0.754. The number of halogens is 1. The van der Waals surface area contributed by atoms with Crippen molar-refractivity contribution in [1.29, 1.82) is 0 Å². The van der Waals surface area contributed by atoms with Crippen molar-refractivity contribution >= 4 is 29.2 Å². The standard InChI is InChI=1S/C16H13ClN4O/c17-13-6-2-1-5-12(13)8-9-16(22)18-11-15-20-19-14-7-3-4-10-21(14)15/h1-10H,11H2,(H,18,22)/b9-8+. The molecule has 0 bridgehead atoms. The van der Waals surface area contributed by atoms with Gasteiger partial charge in [0.05, 0.1) is 6.54 Å². The highest BCUT2D eigenvalue weighted by molar-refractivity contribution is 6.32. The molecule has 5 nitrogen and oxygen atoms in total. The van der Waals surface area contributed by atoms with E-state index >= 15 is 0 Å². The van der Waals surface area contributed by atoms with Crippen LogP contribution < -0.4 is 5.32 Å². The minimum atomic E-state index is -0.215. The van der Waals surface area contributed by atoms with Crippen molar-refractivity contribution in [2.75, 3.05) is 0 Å². The zero-order valence-electron chi connectivity index (χ0n) is 11.6. The molecule has 1 N–H and O–H groups in total. The lowest BCUT2D eigenvalue weighted by Gasteiger charge is -2.01. The van der Waals surface area contributed by atoms with E-state index < -0.39 is 0 Å². The Morgan fingerprint density at radius 1 is 1.18 bits per heavy atom. The molecule has 3 aromatic rings. The van der Waals surface area contributed by atoms with Crippen molar-refractivity contribution in [3.63, 3.8) is 0 Å². The lowest BCUT2D eigenvalue weighted by molar-refractivity contribution is -0.116. The molecule has 0 unspecified atom stereocenters. The van der Waals surface area contributed by atoms with Gasteiger partial charge < -0.3 is 5.32 Å². The third kappa shape index (κ3) is 3.15. The van der Waals surface area contributed by atoms with Crippen molar-refractivity contribution < 1.29 is 4.79 Å². The fourth-order valence-corrected chi connectivity index (χ4v) is 2.21. The molecule has 0 fully saturated rings. The number of fused-ring (bicyclic) bond motifs is 1. The van der Waals surface area contributed by atoms with Crippen LogP contribution >= 0.6 is 11.6 Å². The summed E-state index contributed by atoms with van der Waals surface area (Å²) in [4.78, 5) is 11.9. The number of hydrogen-bond donors (Lipinski definition) is 1. The lowest BCUT2D eigenvalue weighted by Crippen LogP contribution is -2.21. The van der Waals surface area contributed by atoms with Gasteiger partial charge in [0.15, 0.2) is 11.5 Å². The van der Waals surface area contributed by atoms with Crippen molar-refractivity contribution in [2.24, 2.45) is 0 Å². The fraction of sp³-hybridized carbons (Fsp3) is 0.0625. The molecule has 0 aliphatic carbocycles. The molecule has 1 aromatic carbocycles. The van der Waals surface area contributed by atoms with Gasteiger partial charge in [0.1, 0.15) is 0 Å². The summed E-state index contributed by atoms with van der Waals surface area (Å²) in [6.45, 7) is 0.302. The maximum atomic E-state index is 11.9. The number of carbonyl (C=O) groups excluding carboxylic acids is 1. The second kappa shape index (κ2) is 6.41. The Bertz CT molecular complexity index is 841. The summed E-state index contributed by atoms with van der Waals surface area (Å²) in [5.41, 5.74) is 1.55. The maximum absolute atomic E-state index is 11.9. The van der Waals surface area contributed by atoms with E-state index in [9.17, 15) is 4.79 Å². The first kappa shape index (κ1) is 14.3. The molecule has 2 heterocycles. The van der Waals surface area contributed by atoms with Gasteiger partial charge in [-0.1, -0.05) is 35.9 Å². The molecule has 0 aliphatic heterocycles. The summed E-state index contributed by atoms with van der Waals surface area (Å²) in [6, 6.07) is 13.0. The van der Waals surface area contributed by atoms with Gasteiger partial charge in [0, 0.05) is 17.3 Å². The summed E-state index contributed by atoms with van der Waals surface area (Å²) in [5, 5.41) is 11.5. The van der Waals surface area contributed by atoms with Crippen LogP contribution in [0.1, 0.15) is 11.4 Å². The first-order valence-corrected chi connectivity index (χ1v) is 7.11. The first-order valence-electron chi connectivity index (χ1n) is 6.73. The first-order chi connectivity index (χ1) is 10.7. The van der Waals surface area contributed by atoms with E-state index in [1.54, 1.807) is 12.1 Å². The zero-order chi connectivity index (χ0) is 15.4. The number of carbonyl (C=O) groups is 1. The largest absolute Gasteiger partial charge is 0.345 e. The number of nitrogens with zero attached hydrogens (tertiary/aromatic N) is 3. The van der Waals surface area contributed by atoms with Crippen molar-refractivity contribution in [3.8, 4) is 0 Å². The van der Waals surface area contributed by atoms with Gasteiger partial charge in [0.25, 0.3) is 0 Å².